The third-order valence-electron chi connectivity index (χ3n) is 3.49. The van der Waals surface area contributed by atoms with Gasteiger partial charge in [-0.05, 0) is 48.4 Å². The molecular formula is C16H17NS. The molecule has 0 bridgehead atoms. The Morgan fingerprint density at radius 1 is 1.00 bits per heavy atom. The highest BCUT2D eigenvalue weighted by Crippen LogP contribution is 2.26. The first kappa shape index (κ1) is 11.7. The highest BCUT2D eigenvalue weighted by molar-refractivity contribution is 7.98. The van der Waals surface area contributed by atoms with E-state index in [1.807, 2.05) is 0 Å². The summed E-state index contributed by atoms with van der Waals surface area (Å²) in [4.78, 5) is 1.32. The van der Waals surface area contributed by atoms with Crippen LogP contribution in [0.15, 0.2) is 53.4 Å². The van der Waals surface area contributed by atoms with Crippen LogP contribution < -0.4 is 5.32 Å². The Morgan fingerprint density at radius 3 is 2.39 bits per heavy atom. The fraction of sp³-hybridized carbons (Fsp3) is 0.250. The van der Waals surface area contributed by atoms with Crippen molar-refractivity contribution in [2.45, 2.75) is 23.8 Å². The van der Waals surface area contributed by atoms with Crippen molar-refractivity contribution < 1.29 is 0 Å². The minimum Gasteiger partial charge on any atom is -0.382 e. The van der Waals surface area contributed by atoms with Gasteiger partial charge in [0, 0.05) is 16.6 Å². The second-order valence-electron chi connectivity index (χ2n) is 4.75. The zero-order valence-electron chi connectivity index (χ0n) is 10.5. The Bertz CT molecular complexity index is 525. The van der Waals surface area contributed by atoms with Crippen LogP contribution in [0.1, 0.15) is 11.1 Å². The molecule has 18 heavy (non-hydrogen) atoms. The van der Waals surface area contributed by atoms with Gasteiger partial charge in [0.1, 0.15) is 0 Å². The lowest BCUT2D eigenvalue weighted by Crippen LogP contribution is -2.19. The summed E-state index contributed by atoms with van der Waals surface area (Å²) in [6.45, 7) is 0. The van der Waals surface area contributed by atoms with Crippen LogP contribution in [0.5, 0.6) is 0 Å². The molecular weight excluding hydrogens is 238 g/mol. The molecule has 92 valence electrons. The Kier molecular flexibility index (Phi) is 3.28. The summed E-state index contributed by atoms with van der Waals surface area (Å²) < 4.78 is 0. The summed E-state index contributed by atoms with van der Waals surface area (Å²) in [5.74, 6) is 0. The average Bonchev–Trinajstić information content (AvgIpc) is 2.81. The number of nitrogens with one attached hydrogen (secondary N) is 1. The van der Waals surface area contributed by atoms with Gasteiger partial charge < -0.3 is 5.32 Å². The van der Waals surface area contributed by atoms with Gasteiger partial charge in [-0.15, -0.1) is 11.8 Å². The lowest BCUT2D eigenvalue weighted by Gasteiger charge is -2.14. The minimum atomic E-state index is 0.541. The number of hydrogen-bond donors (Lipinski definition) is 1. The largest absolute Gasteiger partial charge is 0.382 e. The van der Waals surface area contributed by atoms with E-state index in [1.165, 1.54) is 21.7 Å². The minimum absolute atomic E-state index is 0.541. The molecule has 1 aliphatic rings. The van der Waals surface area contributed by atoms with Gasteiger partial charge in [0.15, 0.2) is 0 Å². The number of thioether (sulfide) groups is 1. The zero-order valence-corrected chi connectivity index (χ0v) is 11.3. The van der Waals surface area contributed by atoms with E-state index in [0.717, 1.165) is 12.8 Å². The normalized spacial score (nSPS) is 14.5. The molecule has 0 aromatic heterocycles. The lowest BCUT2D eigenvalue weighted by atomic mass is 10.1. The fourth-order valence-corrected chi connectivity index (χ4v) is 3.07. The van der Waals surface area contributed by atoms with Gasteiger partial charge in [0.25, 0.3) is 0 Å². The summed E-state index contributed by atoms with van der Waals surface area (Å²) in [7, 11) is 0. The molecule has 3 rings (SSSR count). The number of rotatable bonds is 3. The van der Waals surface area contributed by atoms with Crippen LogP contribution in [-0.2, 0) is 12.8 Å². The Morgan fingerprint density at radius 2 is 1.72 bits per heavy atom. The predicted octanol–water partition coefficient (Wildman–Crippen LogP) is 3.99. The van der Waals surface area contributed by atoms with E-state index in [1.54, 1.807) is 11.8 Å². The maximum atomic E-state index is 3.65. The van der Waals surface area contributed by atoms with Gasteiger partial charge in [-0.3, -0.25) is 0 Å². The zero-order chi connectivity index (χ0) is 12.4. The second kappa shape index (κ2) is 5.07. The number of anilines is 1. The molecule has 2 aromatic rings. The van der Waals surface area contributed by atoms with Crippen LogP contribution in [0.2, 0.25) is 0 Å². The second-order valence-corrected chi connectivity index (χ2v) is 5.63. The molecule has 0 saturated heterocycles. The van der Waals surface area contributed by atoms with Gasteiger partial charge in [0.2, 0.25) is 0 Å². The van der Waals surface area contributed by atoms with Gasteiger partial charge in [-0.25, -0.2) is 0 Å². The topological polar surface area (TPSA) is 12.0 Å². The fourth-order valence-electron chi connectivity index (χ4n) is 2.61. The molecule has 0 fully saturated rings. The SMILES string of the molecule is CSc1cccc(NC2Cc3ccccc3C2)c1. The standard InChI is InChI=1S/C16H17NS/c1-18-16-8-4-7-14(11-16)17-15-9-12-5-2-3-6-13(12)10-15/h2-8,11,15,17H,9-10H2,1H3. The molecule has 1 nitrogen and oxygen atoms in total. The van der Waals surface area contributed by atoms with Crippen LogP contribution in [0.3, 0.4) is 0 Å². The third kappa shape index (κ3) is 2.39. The van der Waals surface area contributed by atoms with Crippen molar-refractivity contribution in [3.63, 3.8) is 0 Å². The Labute approximate surface area is 113 Å². The summed E-state index contributed by atoms with van der Waals surface area (Å²) in [6.07, 6.45) is 4.39. The average molecular weight is 255 g/mol. The van der Waals surface area contributed by atoms with Crippen molar-refractivity contribution in [1.29, 1.82) is 0 Å². The van der Waals surface area contributed by atoms with Crippen molar-refractivity contribution in [3.8, 4) is 0 Å². The maximum Gasteiger partial charge on any atom is 0.0353 e. The van der Waals surface area contributed by atoms with Gasteiger partial charge >= 0.3 is 0 Å². The smallest absolute Gasteiger partial charge is 0.0353 e. The van der Waals surface area contributed by atoms with Crippen molar-refractivity contribution in [2.24, 2.45) is 0 Å². The van der Waals surface area contributed by atoms with E-state index in [0.29, 0.717) is 6.04 Å². The molecule has 2 heteroatoms. The van der Waals surface area contributed by atoms with Crippen molar-refractivity contribution in [1.82, 2.24) is 0 Å². The molecule has 0 spiro atoms. The van der Waals surface area contributed by atoms with Gasteiger partial charge in [-0.1, -0.05) is 30.3 Å². The van der Waals surface area contributed by atoms with E-state index >= 15 is 0 Å². The maximum absolute atomic E-state index is 3.65. The quantitative estimate of drug-likeness (QED) is 0.832. The van der Waals surface area contributed by atoms with Crippen LogP contribution in [0.25, 0.3) is 0 Å². The van der Waals surface area contributed by atoms with Crippen LogP contribution >= 0.6 is 11.8 Å². The molecule has 0 saturated carbocycles. The van der Waals surface area contributed by atoms with E-state index in [4.69, 9.17) is 0 Å². The first-order valence-electron chi connectivity index (χ1n) is 6.32. The highest BCUT2D eigenvalue weighted by Gasteiger charge is 2.20. The highest BCUT2D eigenvalue weighted by atomic mass is 32.2. The number of hydrogen-bond acceptors (Lipinski definition) is 2. The predicted molar refractivity (Wildman–Crippen MR) is 79.5 cm³/mol. The molecule has 0 heterocycles. The summed E-state index contributed by atoms with van der Waals surface area (Å²) >= 11 is 1.79. The van der Waals surface area contributed by atoms with Crippen LogP contribution in [0.4, 0.5) is 5.69 Å². The summed E-state index contributed by atoms with van der Waals surface area (Å²) in [5, 5.41) is 3.65. The number of benzene rings is 2. The molecule has 2 aromatic carbocycles. The monoisotopic (exact) mass is 255 g/mol. The summed E-state index contributed by atoms with van der Waals surface area (Å²) in [6, 6.07) is 18.0. The van der Waals surface area contributed by atoms with Gasteiger partial charge in [0.05, 0.1) is 0 Å². The Hall–Kier alpha value is -1.41. The Balaban J connectivity index is 1.72. The van der Waals surface area contributed by atoms with E-state index in [9.17, 15) is 0 Å². The first-order chi connectivity index (χ1) is 8.85. The van der Waals surface area contributed by atoms with Crippen LogP contribution in [0, 0.1) is 0 Å². The lowest BCUT2D eigenvalue weighted by molar-refractivity contribution is 0.774. The van der Waals surface area contributed by atoms with Crippen LogP contribution in [-0.4, -0.2) is 12.3 Å². The summed E-state index contributed by atoms with van der Waals surface area (Å²) in [5.41, 5.74) is 4.23. The molecule has 1 aliphatic carbocycles. The molecule has 0 amide bonds. The number of fused-ring (bicyclic) bond motifs is 1. The van der Waals surface area contributed by atoms with Crippen molar-refractivity contribution in [3.05, 3.63) is 59.7 Å². The molecule has 1 N–H and O–H groups in total. The van der Waals surface area contributed by atoms with E-state index in [2.05, 4.69) is 60.1 Å². The van der Waals surface area contributed by atoms with Crippen molar-refractivity contribution >= 4 is 17.4 Å². The molecule has 0 radical (unpaired) electrons. The van der Waals surface area contributed by atoms with Gasteiger partial charge in [-0.2, -0.15) is 0 Å². The first-order valence-corrected chi connectivity index (χ1v) is 7.55. The third-order valence-corrected chi connectivity index (χ3v) is 4.22. The molecule has 0 unspecified atom stereocenters. The van der Waals surface area contributed by atoms with E-state index < -0.39 is 0 Å². The molecule has 0 atom stereocenters. The van der Waals surface area contributed by atoms with Crippen molar-refractivity contribution in [2.75, 3.05) is 11.6 Å². The molecule has 0 aliphatic heterocycles. The van der Waals surface area contributed by atoms with E-state index in [-0.39, 0.29) is 0 Å².